The molecule has 2 aromatic rings. The van der Waals surface area contributed by atoms with E-state index in [4.69, 9.17) is 70.9 Å². The lowest BCUT2D eigenvalue weighted by Crippen LogP contribution is -2.54. The highest BCUT2D eigenvalue weighted by atomic mass is 35.5. The van der Waals surface area contributed by atoms with Crippen molar-refractivity contribution in [2.45, 2.75) is 97.5 Å². The van der Waals surface area contributed by atoms with E-state index in [2.05, 4.69) is 10.6 Å². The number of likely N-dealkylation sites (tertiary alicyclic amines) is 1. The SMILES string of the molecule is CCOOP(=O)(OOCC)C(NC1CCN(C(=O)[C@H](Cc2ccc(OCc3c(Cl)cccc3Cl)cc2)NC(=O)OC(C)(C)C)CC1)P(=O)(OOCC)OOCC. The van der Waals surface area contributed by atoms with Crippen LogP contribution in [0.2, 0.25) is 10.0 Å². The topological polar surface area (TPSA) is 188 Å². The van der Waals surface area contributed by atoms with Crippen molar-refractivity contribution in [3.63, 3.8) is 0 Å². The zero-order valence-corrected chi connectivity index (χ0v) is 36.0. The van der Waals surface area contributed by atoms with Crippen molar-refractivity contribution in [2.24, 2.45) is 0 Å². The molecule has 0 aliphatic carbocycles. The zero-order valence-electron chi connectivity index (χ0n) is 32.7. The number of halogens is 2. The molecule has 0 radical (unpaired) electrons. The van der Waals surface area contributed by atoms with Gasteiger partial charge in [-0.2, -0.15) is 0 Å². The second-order valence-electron chi connectivity index (χ2n) is 13.2. The lowest BCUT2D eigenvalue weighted by atomic mass is 10.0. The van der Waals surface area contributed by atoms with Crippen molar-refractivity contribution in [1.82, 2.24) is 15.5 Å². The zero-order chi connectivity index (χ0) is 41.4. The molecule has 0 spiro atoms. The number of nitrogens with one attached hydrogen (secondary N) is 2. The highest BCUT2D eigenvalue weighted by molar-refractivity contribution is 7.72. The van der Waals surface area contributed by atoms with E-state index in [1.807, 2.05) is 0 Å². The van der Waals surface area contributed by atoms with Gasteiger partial charge >= 0.3 is 21.3 Å². The number of rotatable bonds is 23. The van der Waals surface area contributed by atoms with E-state index in [0.29, 0.717) is 21.4 Å². The van der Waals surface area contributed by atoms with Gasteiger partial charge in [0.05, 0.1) is 26.4 Å². The van der Waals surface area contributed by atoms with Crippen molar-refractivity contribution < 1.29 is 66.4 Å². The van der Waals surface area contributed by atoms with Gasteiger partial charge < -0.3 is 19.7 Å². The summed E-state index contributed by atoms with van der Waals surface area (Å²) in [6, 6.07) is 10.7. The molecule has 1 aliphatic heterocycles. The Kier molecular flexibility index (Phi) is 20.0. The maximum Gasteiger partial charge on any atom is 0.413 e. The van der Waals surface area contributed by atoms with Gasteiger partial charge in [0.25, 0.3) is 0 Å². The monoisotopic (exact) mass is 871 g/mol. The third kappa shape index (κ3) is 15.1. The fourth-order valence-corrected chi connectivity index (χ4v) is 9.71. The first-order valence-electron chi connectivity index (χ1n) is 18.2. The maximum atomic E-state index is 14.1. The normalized spacial score (nSPS) is 14.9. The summed E-state index contributed by atoms with van der Waals surface area (Å²) in [6.45, 7) is 11.8. The smallest absolute Gasteiger partial charge is 0.413 e. The quantitative estimate of drug-likeness (QED) is 0.0618. The largest absolute Gasteiger partial charge is 0.489 e. The van der Waals surface area contributed by atoms with E-state index in [1.54, 1.807) is 95.8 Å². The van der Waals surface area contributed by atoms with Gasteiger partial charge in [-0.15, -0.1) is 18.7 Å². The Balaban J connectivity index is 1.79. The van der Waals surface area contributed by atoms with Gasteiger partial charge in [0, 0.05) is 41.2 Å². The molecule has 0 unspecified atom stereocenters. The van der Waals surface area contributed by atoms with Crippen molar-refractivity contribution in [1.29, 1.82) is 0 Å². The van der Waals surface area contributed by atoms with Crippen LogP contribution in [0.5, 0.6) is 5.75 Å². The molecule has 3 rings (SSSR count). The molecule has 17 nitrogen and oxygen atoms in total. The number of carbonyl (C=O) groups is 2. The Hall–Kier alpha value is -2.34. The number of hydrogen-bond donors (Lipinski definition) is 2. The van der Waals surface area contributed by atoms with E-state index < -0.39 is 44.5 Å². The predicted octanol–water partition coefficient (Wildman–Crippen LogP) is 8.13. The van der Waals surface area contributed by atoms with Crippen molar-refractivity contribution >= 4 is 50.4 Å². The summed E-state index contributed by atoms with van der Waals surface area (Å²) in [5.74, 6) is 0.181. The Morgan fingerprint density at radius 1 is 0.804 bits per heavy atom. The molecule has 0 aromatic heterocycles. The number of piperidine rings is 1. The van der Waals surface area contributed by atoms with Crippen LogP contribution in [0.1, 0.15) is 72.4 Å². The Morgan fingerprint density at radius 2 is 1.29 bits per heavy atom. The third-order valence-electron chi connectivity index (χ3n) is 7.69. The first kappa shape index (κ1) is 48.0. The molecule has 1 atom stereocenters. The first-order valence-corrected chi connectivity index (χ1v) is 22.2. The fraction of sp³-hybridized carbons (Fsp3) is 0.600. The number of carbonyl (C=O) groups excluding carboxylic acids is 2. The van der Waals surface area contributed by atoms with Gasteiger partial charge in [0.1, 0.15) is 24.0 Å². The molecule has 1 saturated heterocycles. The van der Waals surface area contributed by atoms with Gasteiger partial charge in [-0.05, 0) is 91.1 Å². The molecule has 0 bridgehead atoms. The van der Waals surface area contributed by atoms with E-state index in [0.717, 1.165) is 5.56 Å². The summed E-state index contributed by atoms with van der Waals surface area (Å²) >= 11 is 12.6. The van der Waals surface area contributed by atoms with Gasteiger partial charge in [-0.25, -0.2) is 24.3 Å². The number of hydrogen-bond acceptors (Lipinski definition) is 15. The van der Waals surface area contributed by atoms with Crippen LogP contribution in [-0.4, -0.2) is 79.6 Å². The van der Waals surface area contributed by atoms with Crippen molar-refractivity contribution in [3.8, 4) is 5.75 Å². The second-order valence-corrected chi connectivity index (χ2v) is 18.2. The molecule has 0 saturated carbocycles. The molecular formula is C35H53Cl2N3O14P2. The summed E-state index contributed by atoms with van der Waals surface area (Å²) < 4.78 is 60.1. The minimum Gasteiger partial charge on any atom is -0.489 e. The van der Waals surface area contributed by atoms with Crippen LogP contribution in [0.15, 0.2) is 42.5 Å². The predicted molar refractivity (Wildman–Crippen MR) is 207 cm³/mol. The standard InChI is InChI=1S/C35H53Cl2N3O14P2/c1-8-46-51-55(43,52-47-9-2)34(56(44,53-48-10-3)54-49-11-4)38-26-19-21-40(22-20-26)32(41)31(39-33(42)50-35(5,6)7)23-25-15-17-27(18-16-25)45-24-28-29(36)13-12-14-30(28)37/h12-18,26,31,34,38H,8-11,19-24H2,1-7H3,(H,39,42)/t31-/m0/s1. The van der Waals surface area contributed by atoms with Crippen LogP contribution < -0.4 is 15.4 Å². The molecule has 1 heterocycles. The number of amides is 2. The molecule has 21 heteroatoms. The average Bonchev–Trinajstić information content (AvgIpc) is 3.16. The molecule has 2 amide bonds. The average molecular weight is 873 g/mol. The summed E-state index contributed by atoms with van der Waals surface area (Å²) in [4.78, 5) is 48.4. The van der Waals surface area contributed by atoms with E-state index in [9.17, 15) is 18.7 Å². The van der Waals surface area contributed by atoms with Crippen molar-refractivity contribution in [2.75, 3.05) is 39.5 Å². The van der Waals surface area contributed by atoms with E-state index in [1.165, 1.54) is 0 Å². The van der Waals surface area contributed by atoms with Crippen LogP contribution in [0.25, 0.3) is 0 Å². The summed E-state index contributed by atoms with van der Waals surface area (Å²) in [7, 11) is -9.35. The summed E-state index contributed by atoms with van der Waals surface area (Å²) in [5, 5.41) is 6.69. The fourth-order valence-electron chi connectivity index (χ4n) is 5.18. The Bertz CT molecular complexity index is 1550. The van der Waals surface area contributed by atoms with Crippen LogP contribution in [0, 0.1) is 0 Å². The molecule has 316 valence electrons. The molecule has 1 fully saturated rings. The van der Waals surface area contributed by atoms with Crippen LogP contribution >= 0.6 is 38.4 Å². The lowest BCUT2D eigenvalue weighted by molar-refractivity contribution is -0.272. The molecule has 2 aromatic carbocycles. The van der Waals surface area contributed by atoms with Crippen molar-refractivity contribution in [3.05, 3.63) is 63.6 Å². The van der Waals surface area contributed by atoms with E-state index >= 15 is 0 Å². The highest BCUT2D eigenvalue weighted by Crippen LogP contribution is 2.70. The molecule has 56 heavy (non-hydrogen) atoms. The Labute approximate surface area is 337 Å². The Morgan fingerprint density at radius 3 is 1.73 bits per heavy atom. The first-order chi connectivity index (χ1) is 26.6. The van der Waals surface area contributed by atoms with Crippen LogP contribution in [0.4, 0.5) is 4.79 Å². The number of nitrogens with zero attached hydrogens (tertiary/aromatic N) is 1. The van der Waals surface area contributed by atoms with Gasteiger partial charge in [-0.1, -0.05) is 41.4 Å². The van der Waals surface area contributed by atoms with Gasteiger partial charge in [0.2, 0.25) is 11.4 Å². The highest BCUT2D eigenvalue weighted by Gasteiger charge is 2.56. The van der Waals surface area contributed by atoms with Crippen LogP contribution in [0.3, 0.4) is 0 Å². The van der Waals surface area contributed by atoms with Gasteiger partial charge in [-0.3, -0.25) is 19.2 Å². The number of ether oxygens (including phenoxy) is 2. The minimum absolute atomic E-state index is 0.0506. The van der Waals surface area contributed by atoms with Gasteiger partial charge in [0.15, 0.2) is 0 Å². The number of benzene rings is 2. The maximum absolute atomic E-state index is 14.1. The molecular weight excluding hydrogens is 819 g/mol. The second kappa shape index (κ2) is 23.3. The summed E-state index contributed by atoms with van der Waals surface area (Å²) in [5.41, 5.74) is -1.29. The molecule has 2 N–H and O–H groups in total. The lowest BCUT2D eigenvalue weighted by Gasteiger charge is -2.37. The number of alkyl carbamates (subject to hydrolysis) is 1. The summed E-state index contributed by atoms with van der Waals surface area (Å²) in [6.07, 6.45) is -0.107. The van der Waals surface area contributed by atoms with Crippen LogP contribution in [-0.2, 0) is 69.9 Å². The van der Waals surface area contributed by atoms with E-state index in [-0.39, 0.29) is 71.3 Å². The molecule has 1 aliphatic rings. The minimum atomic E-state index is -4.67. The third-order valence-corrected chi connectivity index (χ3v) is 12.8.